The standard InChI is InChI=1S/C24H28N2O/c1-3-20-12-7-13-21-15-22-17-26(14-8-11-19-9-5-4-6-10-19)16-18(2)27-24(22)25-23(20)21/h4-7,9-10,12-13,15,18H,3,8,11,14,16-17H2,1-2H3. The predicted molar refractivity (Wildman–Crippen MR) is 111 cm³/mol. The highest BCUT2D eigenvalue weighted by molar-refractivity contribution is 5.83. The molecule has 0 fully saturated rings. The topological polar surface area (TPSA) is 25.4 Å². The highest BCUT2D eigenvalue weighted by Gasteiger charge is 2.22. The van der Waals surface area contributed by atoms with Gasteiger partial charge in [0.15, 0.2) is 0 Å². The van der Waals surface area contributed by atoms with Crippen molar-refractivity contribution in [1.29, 1.82) is 0 Å². The van der Waals surface area contributed by atoms with Gasteiger partial charge in [0.2, 0.25) is 5.88 Å². The molecule has 0 saturated carbocycles. The first-order valence-electron chi connectivity index (χ1n) is 10.1. The van der Waals surface area contributed by atoms with E-state index in [1.54, 1.807) is 0 Å². The van der Waals surface area contributed by atoms with Crippen LogP contribution >= 0.6 is 0 Å². The zero-order valence-corrected chi connectivity index (χ0v) is 16.3. The summed E-state index contributed by atoms with van der Waals surface area (Å²) in [4.78, 5) is 7.42. The number of hydrogen-bond acceptors (Lipinski definition) is 3. The fourth-order valence-corrected chi connectivity index (χ4v) is 4.01. The largest absolute Gasteiger partial charge is 0.473 e. The number of pyridine rings is 1. The summed E-state index contributed by atoms with van der Waals surface area (Å²) in [6.45, 7) is 7.27. The van der Waals surface area contributed by atoms with Crippen molar-refractivity contribution in [2.75, 3.05) is 13.1 Å². The van der Waals surface area contributed by atoms with E-state index < -0.39 is 0 Å². The van der Waals surface area contributed by atoms with Crippen molar-refractivity contribution >= 4 is 10.9 Å². The van der Waals surface area contributed by atoms with Gasteiger partial charge in [0.1, 0.15) is 6.10 Å². The van der Waals surface area contributed by atoms with Gasteiger partial charge in [-0.05, 0) is 49.9 Å². The van der Waals surface area contributed by atoms with Crippen molar-refractivity contribution in [2.45, 2.75) is 45.8 Å². The minimum atomic E-state index is 0.154. The number of para-hydroxylation sites is 1. The molecule has 1 aromatic heterocycles. The molecular formula is C24H28N2O. The average molecular weight is 361 g/mol. The third kappa shape index (κ3) is 4.14. The van der Waals surface area contributed by atoms with E-state index in [1.165, 1.54) is 22.1 Å². The molecule has 0 aliphatic carbocycles. The third-order valence-corrected chi connectivity index (χ3v) is 5.35. The molecule has 1 unspecified atom stereocenters. The molecule has 1 aliphatic heterocycles. The number of fused-ring (bicyclic) bond motifs is 2. The summed E-state index contributed by atoms with van der Waals surface area (Å²) in [6, 6.07) is 19.5. The number of hydrogen-bond donors (Lipinski definition) is 0. The summed E-state index contributed by atoms with van der Waals surface area (Å²) in [5, 5.41) is 1.22. The molecule has 0 amide bonds. The van der Waals surface area contributed by atoms with E-state index in [0.717, 1.165) is 50.3 Å². The molecule has 0 N–H and O–H groups in total. The quantitative estimate of drug-likeness (QED) is 0.639. The highest BCUT2D eigenvalue weighted by Crippen LogP contribution is 2.29. The smallest absolute Gasteiger partial charge is 0.218 e. The Labute approximate surface area is 162 Å². The van der Waals surface area contributed by atoms with E-state index in [9.17, 15) is 0 Å². The fraction of sp³-hybridized carbons (Fsp3) is 0.375. The first kappa shape index (κ1) is 18.0. The maximum absolute atomic E-state index is 6.21. The normalized spacial score (nSPS) is 17.3. The van der Waals surface area contributed by atoms with Gasteiger partial charge >= 0.3 is 0 Å². The second-order valence-electron chi connectivity index (χ2n) is 7.55. The Morgan fingerprint density at radius 3 is 2.78 bits per heavy atom. The second kappa shape index (κ2) is 8.10. The van der Waals surface area contributed by atoms with Crippen molar-refractivity contribution in [1.82, 2.24) is 9.88 Å². The van der Waals surface area contributed by atoms with Crippen LogP contribution in [0.3, 0.4) is 0 Å². The van der Waals surface area contributed by atoms with Crippen LogP contribution < -0.4 is 4.74 Å². The molecule has 1 aliphatic rings. The molecule has 3 nitrogen and oxygen atoms in total. The lowest BCUT2D eigenvalue weighted by molar-refractivity contribution is 0.156. The number of aromatic nitrogens is 1. The molecule has 0 spiro atoms. The molecule has 1 atom stereocenters. The van der Waals surface area contributed by atoms with Crippen molar-refractivity contribution in [2.24, 2.45) is 0 Å². The molecule has 27 heavy (non-hydrogen) atoms. The van der Waals surface area contributed by atoms with Crippen molar-refractivity contribution in [3.8, 4) is 5.88 Å². The Balaban J connectivity index is 1.52. The van der Waals surface area contributed by atoms with Gasteiger partial charge in [0.25, 0.3) is 0 Å². The lowest BCUT2D eigenvalue weighted by atomic mass is 10.1. The first-order chi connectivity index (χ1) is 13.2. The SMILES string of the molecule is CCc1cccc2cc3c(nc12)OC(C)CN(CCCc1ccccc1)C3. The van der Waals surface area contributed by atoms with Gasteiger partial charge < -0.3 is 4.74 Å². The van der Waals surface area contributed by atoms with Crippen LogP contribution in [0.4, 0.5) is 0 Å². The molecule has 140 valence electrons. The van der Waals surface area contributed by atoms with Crippen LogP contribution in [-0.2, 0) is 19.4 Å². The zero-order valence-electron chi connectivity index (χ0n) is 16.3. The van der Waals surface area contributed by atoms with E-state index in [1.807, 2.05) is 0 Å². The second-order valence-corrected chi connectivity index (χ2v) is 7.55. The van der Waals surface area contributed by atoms with Crippen molar-refractivity contribution in [3.63, 3.8) is 0 Å². The van der Waals surface area contributed by atoms with Gasteiger partial charge in [-0.15, -0.1) is 0 Å². The molecule has 3 aromatic rings. The Kier molecular flexibility index (Phi) is 5.40. The summed E-state index contributed by atoms with van der Waals surface area (Å²) in [5.74, 6) is 0.821. The van der Waals surface area contributed by atoms with Crippen molar-refractivity contribution < 1.29 is 4.74 Å². The Hall–Kier alpha value is -2.39. The summed E-state index contributed by atoms with van der Waals surface area (Å²) < 4.78 is 6.21. The molecule has 4 rings (SSSR count). The number of nitrogens with zero attached hydrogens (tertiary/aromatic N) is 2. The summed E-state index contributed by atoms with van der Waals surface area (Å²) in [6.07, 6.45) is 3.42. The van der Waals surface area contributed by atoms with E-state index >= 15 is 0 Å². The van der Waals surface area contributed by atoms with Crippen LogP contribution in [0.25, 0.3) is 10.9 Å². The minimum Gasteiger partial charge on any atom is -0.473 e. The summed E-state index contributed by atoms with van der Waals surface area (Å²) >= 11 is 0. The maximum atomic E-state index is 6.21. The molecule has 2 heterocycles. The van der Waals surface area contributed by atoms with Gasteiger partial charge in [0, 0.05) is 24.0 Å². The monoisotopic (exact) mass is 360 g/mol. The van der Waals surface area contributed by atoms with Gasteiger partial charge in [-0.25, -0.2) is 4.98 Å². The van der Waals surface area contributed by atoms with Gasteiger partial charge in [0.05, 0.1) is 5.52 Å². The summed E-state index contributed by atoms with van der Waals surface area (Å²) in [5.41, 5.74) is 5.00. The average Bonchev–Trinajstić information content (AvgIpc) is 2.83. The van der Waals surface area contributed by atoms with Crippen LogP contribution in [0.2, 0.25) is 0 Å². The van der Waals surface area contributed by atoms with Gasteiger partial charge in [-0.3, -0.25) is 4.90 Å². The van der Waals surface area contributed by atoms with Crippen LogP contribution in [0.1, 0.15) is 37.0 Å². The number of ether oxygens (including phenoxy) is 1. The Bertz CT molecular complexity index is 907. The zero-order chi connectivity index (χ0) is 18.6. The number of rotatable bonds is 5. The highest BCUT2D eigenvalue weighted by atomic mass is 16.5. The lowest BCUT2D eigenvalue weighted by Gasteiger charge is -2.21. The number of aryl methyl sites for hydroxylation is 2. The Morgan fingerprint density at radius 2 is 1.96 bits per heavy atom. The third-order valence-electron chi connectivity index (χ3n) is 5.35. The Morgan fingerprint density at radius 1 is 1.11 bits per heavy atom. The van der Waals surface area contributed by atoms with Gasteiger partial charge in [-0.2, -0.15) is 0 Å². The van der Waals surface area contributed by atoms with E-state index in [-0.39, 0.29) is 6.10 Å². The molecule has 0 saturated heterocycles. The summed E-state index contributed by atoms with van der Waals surface area (Å²) in [7, 11) is 0. The fourth-order valence-electron chi connectivity index (χ4n) is 4.01. The van der Waals surface area contributed by atoms with Crippen LogP contribution in [0, 0.1) is 0 Å². The molecular weight excluding hydrogens is 332 g/mol. The predicted octanol–water partition coefficient (Wildman–Crippen LogP) is 5.01. The maximum Gasteiger partial charge on any atom is 0.218 e. The number of benzene rings is 2. The van der Waals surface area contributed by atoms with E-state index in [4.69, 9.17) is 9.72 Å². The first-order valence-corrected chi connectivity index (χ1v) is 10.1. The van der Waals surface area contributed by atoms with Crippen molar-refractivity contribution in [3.05, 3.63) is 71.3 Å². The van der Waals surface area contributed by atoms with Gasteiger partial charge in [-0.1, -0.05) is 55.5 Å². The molecule has 2 aromatic carbocycles. The molecule has 0 bridgehead atoms. The molecule has 0 radical (unpaired) electrons. The van der Waals surface area contributed by atoms with Crippen LogP contribution in [0.5, 0.6) is 5.88 Å². The molecule has 3 heteroatoms. The van der Waals surface area contributed by atoms with E-state index in [2.05, 4.69) is 73.3 Å². The van der Waals surface area contributed by atoms with E-state index in [0.29, 0.717) is 0 Å². The minimum absolute atomic E-state index is 0.154. The van der Waals surface area contributed by atoms with Crippen LogP contribution in [0.15, 0.2) is 54.6 Å². The van der Waals surface area contributed by atoms with Crippen LogP contribution in [-0.4, -0.2) is 29.1 Å². The lowest BCUT2D eigenvalue weighted by Crippen LogP contribution is -2.31.